The summed E-state index contributed by atoms with van der Waals surface area (Å²) in [7, 11) is -0.570. The summed E-state index contributed by atoms with van der Waals surface area (Å²) in [4.78, 5) is 11.7. The number of carbonyl (C=O) groups excluding carboxylic acids is 1. The first-order chi connectivity index (χ1) is 11.0. The second kappa shape index (κ2) is 6.40. The fourth-order valence-electron chi connectivity index (χ4n) is 1.65. The molecule has 0 spiro atoms. The van der Waals surface area contributed by atoms with Gasteiger partial charge in [0, 0.05) is 5.69 Å². The van der Waals surface area contributed by atoms with Crippen LogP contribution in [0.5, 0.6) is 0 Å². The van der Waals surface area contributed by atoms with E-state index in [0.29, 0.717) is 6.07 Å². The second-order valence-corrected chi connectivity index (χ2v) is 6.23. The molecule has 0 saturated carbocycles. The molecule has 0 bridgehead atoms. The Morgan fingerprint density at radius 3 is 2.00 bits per heavy atom. The van der Waals surface area contributed by atoms with Crippen LogP contribution in [-0.4, -0.2) is 50.5 Å². The van der Waals surface area contributed by atoms with Crippen LogP contribution >= 0.6 is 0 Å². The van der Waals surface area contributed by atoms with Gasteiger partial charge in [-0.1, -0.05) is 11.5 Å². The summed E-state index contributed by atoms with van der Waals surface area (Å²) in [6.07, 6.45) is -12.8. The number of alkyl halides is 6. The number of nitrogens with two attached hydrogens (primary N) is 1. The monoisotopic (exact) mass is 391 g/mol. The van der Waals surface area contributed by atoms with E-state index in [-0.39, 0.29) is 11.2 Å². The smallest absolute Gasteiger partial charge is 0.435 e. The minimum absolute atomic E-state index is 0.118. The molecule has 0 saturated heterocycles. The number of hydrogen-bond donors (Lipinski definition) is 2. The van der Waals surface area contributed by atoms with E-state index < -0.39 is 45.4 Å². The molecular formula is C11H8BF6NO5S. The average molecular weight is 391 g/mol. The molecule has 14 heteroatoms. The number of esters is 1. The maximum Gasteiger partial charge on any atom is 0.438 e. The molecule has 0 aromatic heterocycles. The van der Waals surface area contributed by atoms with E-state index in [1.165, 1.54) is 0 Å². The van der Waals surface area contributed by atoms with Gasteiger partial charge in [-0.05, 0) is 12.1 Å². The van der Waals surface area contributed by atoms with Crippen LogP contribution in [0.25, 0.3) is 0 Å². The number of anilines is 1. The predicted molar refractivity (Wildman–Crippen MR) is 72.9 cm³/mol. The Morgan fingerprint density at radius 1 is 1.16 bits per heavy atom. The Morgan fingerprint density at radius 2 is 1.64 bits per heavy atom. The van der Waals surface area contributed by atoms with Crippen LogP contribution in [0.2, 0.25) is 0 Å². The van der Waals surface area contributed by atoms with Gasteiger partial charge < -0.3 is 10.5 Å². The minimum atomic E-state index is -6.41. The van der Waals surface area contributed by atoms with Gasteiger partial charge >= 0.3 is 23.9 Å². The minimum Gasteiger partial charge on any atom is -0.435 e. The van der Waals surface area contributed by atoms with Crippen molar-refractivity contribution in [3.63, 3.8) is 0 Å². The van der Waals surface area contributed by atoms with Crippen molar-refractivity contribution in [1.29, 1.82) is 0 Å². The Bertz CT molecular complexity index is 762. The van der Waals surface area contributed by atoms with Crippen molar-refractivity contribution >= 4 is 35.1 Å². The molecule has 3 N–H and O–H groups in total. The van der Waals surface area contributed by atoms with Crippen LogP contribution in [0, 0.1) is 0 Å². The van der Waals surface area contributed by atoms with Gasteiger partial charge in [0.1, 0.15) is 13.6 Å². The van der Waals surface area contributed by atoms with E-state index in [2.05, 4.69) is 4.74 Å². The summed E-state index contributed by atoms with van der Waals surface area (Å²) in [5.41, 5.74) is -1.50. The van der Waals surface area contributed by atoms with E-state index in [4.69, 9.17) is 18.1 Å². The molecule has 25 heavy (non-hydrogen) atoms. The van der Waals surface area contributed by atoms with E-state index in [1.807, 2.05) is 0 Å². The summed E-state index contributed by atoms with van der Waals surface area (Å²) < 4.78 is 111. The largest absolute Gasteiger partial charge is 0.438 e. The molecule has 0 unspecified atom stereocenters. The topological polar surface area (TPSA) is 107 Å². The van der Waals surface area contributed by atoms with Gasteiger partial charge in [-0.2, -0.15) is 34.8 Å². The average Bonchev–Trinajstić information content (AvgIpc) is 2.36. The lowest BCUT2D eigenvalue weighted by Gasteiger charge is -2.35. The maximum absolute atomic E-state index is 13.0. The van der Waals surface area contributed by atoms with E-state index in [9.17, 15) is 39.6 Å². The summed E-state index contributed by atoms with van der Waals surface area (Å²) >= 11 is 0. The molecule has 1 aromatic carbocycles. The summed E-state index contributed by atoms with van der Waals surface area (Å²) in [5.74, 6) is -5.14. The van der Waals surface area contributed by atoms with Crippen molar-refractivity contribution in [2.24, 2.45) is 0 Å². The third-order valence-electron chi connectivity index (χ3n) is 2.89. The van der Waals surface area contributed by atoms with Gasteiger partial charge in [0.05, 0.1) is 5.56 Å². The molecule has 1 aromatic rings. The van der Waals surface area contributed by atoms with Crippen molar-refractivity contribution in [2.75, 3.05) is 11.5 Å². The number of ether oxygens (including phenoxy) is 1. The first kappa shape index (κ1) is 21.1. The highest BCUT2D eigenvalue weighted by Crippen LogP contribution is 2.47. The van der Waals surface area contributed by atoms with Crippen LogP contribution in [-0.2, 0) is 14.9 Å². The zero-order valence-electron chi connectivity index (χ0n) is 11.9. The number of nitrogen functional groups attached to an aromatic ring is 1. The van der Waals surface area contributed by atoms with Gasteiger partial charge in [0.25, 0.3) is 10.1 Å². The number of benzene rings is 1. The molecule has 0 aliphatic carbocycles. The SMILES string of the molecule is [B]c1cc(C(=O)OC(CS(=O)(=O)O)(C(F)(F)F)C(F)(F)F)ccc1N. The van der Waals surface area contributed by atoms with Gasteiger partial charge in [0.15, 0.2) is 0 Å². The zero-order valence-corrected chi connectivity index (χ0v) is 12.7. The highest BCUT2D eigenvalue weighted by Gasteiger charge is 2.76. The lowest BCUT2D eigenvalue weighted by molar-refractivity contribution is -0.356. The van der Waals surface area contributed by atoms with E-state index >= 15 is 0 Å². The molecule has 138 valence electrons. The van der Waals surface area contributed by atoms with E-state index in [1.54, 1.807) is 0 Å². The van der Waals surface area contributed by atoms with Crippen LogP contribution in [0.1, 0.15) is 10.4 Å². The Balaban J connectivity index is 3.46. The Kier molecular flexibility index (Phi) is 5.40. The summed E-state index contributed by atoms with van der Waals surface area (Å²) in [6, 6.07) is 2.28. The number of hydrogen-bond acceptors (Lipinski definition) is 5. The van der Waals surface area contributed by atoms with Gasteiger partial charge in [-0.15, -0.1) is 0 Å². The van der Waals surface area contributed by atoms with Gasteiger partial charge in [-0.3, -0.25) is 4.55 Å². The molecule has 0 aliphatic heterocycles. The van der Waals surface area contributed by atoms with Crippen LogP contribution in [0.3, 0.4) is 0 Å². The zero-order chi connectivity index (χ0) is 19.8. The van der Waals surface area contributed by atoms with Crippen LogP contribution in [0.4, 0.5) is 32.0 Å². The van der Waals surface area contributed by atoms with Crippen LogP contribution in [0.15, 0.2) is 18.2 Å². The number of carbonyl (C=O) groups is 1. The quantitative estimate of drug-likeness (QED) is 0.261. The molecule has 1 rings (SSSR count). The third kappa shape index (κ3) is 4.57. The second-order valence-electron chi connectivity index (χ2n) is 4.78. The molecule has 2 radical (unpaired) electrons. The van der Waals surface area contributed by atoms with Crippen molar-refractivity contribution in [3.05, 3.63) is 23.8 Å². The van der Waals surface area contributed by atoms with Crippen molar-refractivity contribution in [2.45, 2.75) is 18.0 Å². The summed E-state index contributed by atoms with van der Waals surface area (Å²) in [5, 5.41) is 0. The fraction of sp³-hybridized carbons (Fsp3) is 0.364. The maximum atomic E-state index is 13.0. The molecule has 0 aliphatic rings. The van der Waals surface area contributed by atoms with Gasteiger partial charge in [0.2, 0.25) is 0 Å². The third-order valence-corrected chi connectivity index (χ3v) is 3.66. The Labute approximate surface area is 138 Å². The molecule has 0 fully saturated rings. The highest BCUT2D eigenvalue weighted by molar-refractivity contribution is 7.85. The normalized spacial score (nSPS) is 13.6. The molecule has 6 nitrogen and oxygen atoms in total. The molecule has 0 amide bonds. The van der Waals surface area contributed by atoms with E-state index in [0.717, 1.165) is 12.1 Å². The Hall–Kier alpha value is -1.96. The molecular weight excluding hydrogens is 383 g/mol. The highest BCUT2D eigenvalue weighted by atomic mass is 32.2. The number of halogens is 6. The lowest BCUT2D eigenvalue weighted by Crippen LogP contribution is -2.63. The summed E-state index contributed by atoms with van der Waals surface area (Å²) in [6.45, 7) is 0. The van der Waals surface area contributed by atoms with Gasteiger partial charge in [-0.25, -0.2) is 4.79 Å². The van der Waals surface area contributed by atoms with Crippen molar-refractivity contribution < 1.29 is 48.8 Å². The molecule has 0 heterocycles. The lowest BCUT2D eigenvalue weighted by atomic mass is 9.92. The van der Waals surface area contributed by atoms with Crippen molar-refractivity contribution in [3.8, 4) is 0 Å². The number of rotatable bonds is 4. The van der Waals surface area contributed by atoms with Crippen LogP contribution < -0.4 is 11.2 Å². The van der Waals surface area contributed by atoms with Crippen molar-refractivity contribution in [1.82, 2.24) is 0 Å². The first-order valence-electron chi connectivity index (χ1n) is 5.97. The fourth-order valence-corrected chi connectivity index (χ4v) is 2.55. The standard InChI is InChI=1S/C11H8BF6NO5S/c12-6-3-5(1-2-7(6)19)8(20)24-9(10(13,14)15,11(16,17)18)4-25(21,22)23/h1-3H,4,19H2,(H,21,22,23). The first-order valence-corrected chi connectivity index (χ1v) is 7.58. The molecule has 0 atom stereocenters. The predicted octanol–water partition coefficient (Wildman–Crippen LogP) is 0.971.